The molecule has 0 saturated heterocycles. The number of rotatable bonds is 4. The predicted octanol–water partition coefficient (Wildman–Crippen LogP) is 3.98. The van der Waals surface area contributed by atoms with Gasteiger partial charge in [0, 0.05) is 8.95 Å². The van der Waals surface area contributed by atoms with Crippen LogP contribution >= 0.6 is 31.9 Å². The molecule has 6 heteroatoms. The van der Waals surface area contributed by atoms with Gasteiger partial charge in [-0.25, -0.2) is 5.43 Å². The predicted molar refractivity (Wildman–Crippen MR) is 89.9 cm³/mol. The second-order valence-corrected chi connectivity index (χ2v) is 5.93. The molecule has 0 bridgehead atoms. The average Bonchev–Trinajstić information content (AvgIpc) is 2.47. The lowest BCUT2D eigenvalue weighted by Crippen LogP contribution is -2.18. The van der Waals surface area contributed by atoms with Crippen molar-refractivity contribution in [2.75, 3.05) is 7.11 Å². The van der Waals surface area contributed by atoms with Gasteiger partial charge in [-0.15, -0.1) is 0 Å². The van der Waals surface area contributed by atoms with Gasteiger partial charge in [-0.2, -0.15) is 5.10 Å². The first-order valence-corrected chi connectivity index (χ1v) is 7.61. The standard InChI is InChI=1S/C15H12Br2N2O2/c1-21-14-6-5-12(17)8-13(14)15(20)19-18-9-10-3-2-4-11(16)7-10/h2-9H,1H3,(H,19,20)/b18-9-. The Morgan fingerprint density at radius 2 is 1.95 bits per heavy atom. The Labute approximate surface area is 139 Å². The molecule has 1 amide bonds. The third-order valence-corrected chi connectivity index (χ3v) is 3.62. The van der Waals surface area contributed by atoms with E-state index in [4.69, 9.17) is 4.74 Å². The minimum Gasteiger partial charge on any atom is -0.496 e. The highest BCUT2D eigenvalue weighted by Gasteiger charge is 2.11. The summed E-state index contributed by atoms with van der Waals surface area (Å²) in [4.78, 5) is 12.1. The Morgan fingerprint density at radius 1 is 1.19 bits per heavy atom. The Morgan fingerprint density at radius 3 is 2.67 bits per heavy atom. The van der Waals surface area contributed by atoms with Crippen LogP contribution in [-0.2, 0) is 0 Å². The molecule has 2 rings (SSSR count). The van der Waals surface area contributed by atoms with Gasteiger partial charge in [0.1, 0.15) is 5.75 Å². The van der Waals surface area contributed by atoms with Gasteiger partial charge in [-0.3, -0.25) is 4.79 Å². The van der Waals surface area contributed by atoms with Gasteiger partial charge >= 0.3 is 0 Å². The lowest BCUT2D eigenvalue weighted by atomic mass is 10.2. The van der Waals surface area contributed by atoms with Gasteiger partial charge in [0.05, 0.1) is 18.9 Å². The van der Waals surface area contributed by atoms with Gasteiger partial charge in [-0.05, 0) is 35.9 Å². The first kappa shape index (κ1) is 15.7. The molecule has 0 heterocycles. The van der Waals surface area contributed by atoms with Gasteiger partial charge < -0.3 is 4.74 Å². The number of nitrogens with zero attached hydrogens (tertiary/aromatic N) is 1. The van der Waals surface area contributed by atoms with Crippen molar-refractivity contribution in [3.63, 3.8) is 0 Å². The number of nitrogens with one attached hydrogen (secondary N) is 1. The summed E-state index contributed by atoms with van der Waals surface area (Å²) in [6.45, 7) is 0. The lowest BCUT2D eigenvalue weighted by Gasteiger charge is -2.07. The fourth-order valence-corrected chi connectivity index (χ4v) is 2.45. The Hall–Kier alpha value is -1.66. The number of carbonyl (C=O) groups excluding carboxylic acids is 1. The zero-order chi connectivity index (χ0) is 15.2. The summed E-state index contributed by atoms with van der Waals surface area (Å²) in [5, 5.41) is 3.95. The molecule has 0 saturated carbocycles. The average molecular weight is 412 g/mol. The second-order valence-electron chi connectivity index (χ2n) is 4.10. The molecule has 21 heavy (non-hydrogen) atoms. The van der Waals surface area contributed by atoms with E-state index in [9.17, 15) is 4.79 Å². The molecular formula is C15H12Br2N2O2. The van der Waals surface area contributed by atoms with Crippen molar-refractivity contribution in [3.05, 3.63) is 62.5 Å². The Bertz CT molecular complexity index is 687. The number of carbonyl (C=O) groups is 1. The Balaban J connectivity index is 2.10. The molecule has 0 spiro atoms. The molecule has 0 aliphatic carbocycles. The van der Waals surface area contributed by atoms with Crippen LogP contribution < -0.4 is 10.2 Å². The van der Waals surface area contributed by atoms with Crippen molar-refractivity contribution in [1.29, 1.82) is 0 Å². The minimum absolute atomic E-state index is 0.334. The first-order chi connectivity index (χ1) is 10.1. The molecular weight excluding hydrogens is 400 g/mol. The fourth-order valence-electron chi connectivity index (χ4n) is 1.67. The maximum absolute atomic E-state index is 12.1. The maximum atomic E-state index is 12.1. The lowest BCUT2D eigenvalue weighted by molar-refractivity contribution is 0.0952. The summed E-state index contributed by atoms with van der Waals surface area (Å²) in [6, 6.07) is 12.8. The summed E-state index contributed by atoms with van der Waals surface area (Å²) in [5.74, 6) is 0.160. The van der Waals surface area contributed by atoms with Crippen LogP contribution in [-0.4, -0.2) is 19.2 Å². The van der Waals surface area contributed by atoms with Crippen molar-refractivity contribution >= 4 is 44.0 Å². The number of benzene rings is 2. The van der Waals surface area contributed by atoms with Crippen molar-refractivity contribution in [1.82, 2.24) is 5.43 Å². The molecule has 2 aromatic rings. The molecule has 2 aromatic carbocycles. The zero-order valence-corrected chi connectivity index (χ0v) is 14.3. The molecule has 4 nitrogen and oxygen atoms in total. The van der Waals surface area contributed by atoms with E-state index >= 15 is 0 Å². The molecule has 0 aliphatic heterocycles. The second kappa shape index (κ2) is 7.38. The largest absolute Gasteiger partial charge is 0.496 e. The van der Waals surface area contributed by atoms with Crippen LogP contribution in [0, 0.1) is 0 Å². The van der Waals surface area contributed by atoms with E-state index in [-0.39, 0.29) is 5.91 Å². The van der Waals surface area contributed by atoms with Crippen molar-refractivity contribution in [2.24, 2.45) is 5.10 Å². The summed E-state index contributed by atoms with van der Waals surface area (Å²) in [6.07, 6.45) is 1.58. The minimum atomic E-state index is -0.334. The smallest absolute Gasteiger partial charge is 0.275 e. The van der Waals surface area contributed by atoms with Crippen molar-refractivity contribution in [3.8, 4) is 5.75 Å². The molecule has 108 valence electrons. The van der Waals surface area contributed by atoms with E-state index in [1.807, 2.05) is 24.3 Å². The molecule has 1 N–H and O–H groups in total. The van der Waals surface area contributed by atoms with E-state index in [1.54, 1.807) is 24.4 Å². The number of halogens is 2. The molecule has 0 radical (unpaired) electrons. The molecule has 0 aromatic heterocycles. The first-order valence-electron chi connectivity index (χ1n) is 6.02. The highest BCUT2D eigenvalue weighted by molar-refractivity contribution is 9.10. The molecule has 0 aliphatic rings. The monoisotopic (exact) mass is 410 g/mol. The number of hydrogen-bond acceptors (Lipinski definition) is 3. The number of hydrazone groups is 1. The van der Waals surface area contributed by atoms with E-state index in [2.05, 4.69) is 42.4 Å². The third kappa shape index (κ3) is 4.41. The number of hydrogen-bond donors (Lipinski definition) is 1. The van der Waals surface area contributed by atoms with Crippen LogP contribution in [0.3, 0.4) is 0 Å². The van der Waals surface area contributed by atoms with E-state index in [0.29, 0.717) is 11.3 Å². The van der Waals surface area contributed by atoms with E-state index in [1.165, 1.54) is 7.11 Å². The highest BCUT2D eigenvalue weighted by atomic mass is 79.9. The van der Waals surface area contributed by atoms with Gasteiger partial charge in [0.15, 0.2) is 0 Å². The SMILES string of the molecule is COc1ccc(Br)cc1C(=O)N/N=C\c1cccc(Br)c1. The van der Waals surface area contributed by atoms with E-state index in [0.717, 1.165) is 14.5 Å². The normalized spacial score (nSPS) is 10.6. The quantitative estimate of drug-likeness (QED) is 0.610. The summed E-state index contributed by atoms with van der Waals surface area (Å²) >= 11 is 6.70. The molecule has 0 atom stereocenters. The van der Waals surface area contributed by atoms with Gasteiger partial charge in [-0.1, -0.05) is 44.0 Å². The van der Waals surface area contributed by atoms with Crippen molar-refractivity contribution in [2.45, 2.75) is 0 Å². The van der Waals surface area contributed by atoms with Crippen LogP contribution in [0.5, 0.6) is 5.75 Å². The van der Waals surface area contributed by atoms with Crippen molar-refractivity contribution < 1.29 is 9.53 Å². The van der Waals surface area contributed by atoms with Crippen LogP contribution in [0.25, 0.3) is 0 Å². The highest BCUT2D eigenvalue weighted by Crippen LogP contribution is 2.22. The fraction of sp³-hybridized carbons (Fsp3) is 0.0667. The summed E-state index contributed by atoms with van der Waals surface area (Å²) in [5.41, 5.74) is 3.78. The number of ether oxygens (including phenoxy) is 1. The number of methoxy groups -OCH3 is 1. The Kier molecular flexibility index (Phi) is 5.52. The van der Waals surface area contributed by atoms with Crippen LogP contribution in [0.1, 0.15) is 15.9 Å². The maximum Gasteiger partial charge on any atom is 0.275 e. The van der Waals surface area contributed by atoms with Crippen LogP contribution in [0.15, 0.2) is 56.5 Å². The van der Waals surface area contributed by atoms with Gasteiger partial charge in [0.25, 0.3) is 5.91 Å². The third-order valence-electron chi connectivity index (χ3n) is 2.63. The van der Waals surface area contributed by atoms with Crippen LogP contribution in [0.2, 0.25) is 0 Å². The molecule has 0 unspecified atom stereocenters. The summed E-state index contributed by atoms with van der Waals surface area (Å²) < 4.78 is 6.91. The molecule has 0 fully saturated rings. The summed E-state index contributed by atoms with van der Waals surface area (Å²) in [7, 11) is 1.52. The topological polar surface area (TPSA) is 50.7 Å². The zero-order valence-electron chi connectivity index (χ0n) is 11.1. The van der Waals surface area contributed by atoms with E-state index < -0.39 is 0 Å². The van der Waals surface area contributed by atoms with Gasteiger partial charge in [0.2, 0.25) is 0 Å². The number of amides is 1. The van der Waals surface area contributed by atoms with Crippen LogP contribution in [0.4, 0.5) is 0 Å².